The van der Waals surface area contributed by atoms with Crippen molar-refractivity contribution in [3.8, 4) is 0 Å². The number of amides is 2. The van der Waals surface area contributed by atoms with Crippen LogP contribution in [0.5, 0.6) is 0 Å². The Morgan fingerprint density at radius 3 is 2.68 bits per heavy atom. The average molecular weight is 320 g/mol. The zero-order valence-corrected chi connectivity index (χ0v) is 13.3. The van der Waals surface area contributed by atoms with Gasteiger partial charge in [-0.15, -0.1) is 0 Å². The van der Waals surface area contributed by atoms with Crippen LogP contribution in [0.3, 0.4) is 0 Å². The van der Waals surface area contributed by atoms with Crippen molar-refractivity contribution < 1.29 is 4.79 Å². The number of nitrogens with zero attached hydrogens (tertiary/aromatic N) is 4. The first kappa shape index (κ1) is 14.8. The first-order valence-corrected chi connectivity index (χ1v) is 7.55. The molecule has 0 radical (unpaired) electrons. The van der Waals surface area contributed by atoms with Crippen LogP contribution in [0.1, 0.15) is 30.3 Å². The van der Waals surface area contributed by atoms with E-state index in [9.17, 15) is 4.79 Å². The van der Waals surface area contributed by atoms with E-state index < -0.39 is 0 Å². The van der Waals surface area contributed by atoms with Gasteiger partial charge in [0.2, 0.25) is 0 Å². The third-order valence-electron chi connectivity index (χ3n) is 3.69. The van der Waals surface area contributed by atoms with Gasteiger partial charge < -0.3 is 14.8 Å². The first-order valence-electron chi connectivity index (χ1n) is 7.17. The number of rotatable bonds is 4. The average Bonchev–Trinajstić information content (AvgIpc) is 3.27. The zero-order chi connectivity index (χ0) is 15.7. The van der Waals surface area contributed by atoms with Gasteiger partial charge >= 0.3 is 6.03 Å². The van der Waals surface area contributed by atoms with Crippen LogP contribution in [0.15, 0.2) is 24.7 Å². The molecule has 0 unspecified atom stereocenters. The van der Waals surface area contributed by atoms with Gasteiger partial charge in [0.05, 0.1) is 29.6 Å². The number of halogens is 1. The highest BCUT2D eigenvalue weighted by Gasteiger charge is 2.26. The molecule has 2 heterocycles. The topological polar surface area (TPSA) is 63.1 Å². The maximum atomic E-state index is 12.2. The molecule has 1 saturated carbocycles. The number of aryl methyl sites for hydroxylation is 1. The minimum absolute atomic E-state index is 0.208. The summed E-state index contributed by atoms with van der Waals surface area (Å²) in [4.78, 5) is 22.3. The fraction of sp³-hybridized carbons (Fsp3) is 0.400. The van der Waals surface area contributed by atoms with Gasteiger partial charge in [0.25, 0.3) is 0 Å². The van der Waals surface area contributed by atoms with Crippen LogP contribution in [-0.2, 0) is 13.6 Å². The van der Waals surface area contributed by atoms with E-state index in [1.165, 1.54) is 0 Å². The minimum atomic E-state index is -0.208. The summed E-state index contributed by atoms with van der Waals surface area (Å²) in [5.41, 5.74) is 1.56. The van der Waals surface area contributed by atoms with Crippen LogP contribution in [0, 0.1) is 0 Å². The highest BCUT2D eigenvalue weighted by Crippen LogP contribution is 2.37. The fourth-order valence-electron chi connectivity index (χ4n) is 2.21. The highest BCUT2D eigenvalue weighted by molar-refractivity contribution is 6.30. The second-order valence-corrected chi connectivity index (χ2v) is 6.09. The summed E-state index contributed by atoms with van der Waals surface area (Å²) in [5, 5.41) is 3.46. The summed E-state index contributed by atoms with van der Waals surface area (Å²) >= 11 is 5.95. The molecule has 2 amide bonds. The molecular formula is C15H18ClN5O. The van der Waals surface area contributed by atoms with Crippen LogP contribution in [0.25, 0.3) is 0 Å². The van der Waals surface area contributed by atoms with Crippen molar-refractivity contribution >= 4 is 23.3 Å². The number of aromatic nitrogens is 3. The molecule has 1 aliphatic rings. The van der Waals surface area contributed by atoms with E-state index in [-0.39, 0.29) is 6.03 Å². The Balaban J connectivity index is 1.59. The molecule has 6 nitrogen and oxygen atoms in total. The van der Waals surface area contributed by atoms with Crippen LogP contribution < -0.4 is 5.32 Å². The van der Waals surface area contributed by atoms with E-state index in [0.717, 1.165) is 24.4 Å². The third kappa shape index (κ3) is 3.39. The second-order valence-electron chi connectivity index (χ2n) is 5.65. The lowest BCUT2D eigenvalue weighted by molar-refractivity contribution is 0.219. The van der Waals surface area contributed by atoms with E-state index >= 15 is 0 Å². The van der Waals surface area contributed by atoms with Gasteiger partial charge in [-0.1, -0.05) is 11.6 Å². The van der Waals surface area contributed by atoms with Crippen molar-refractivity contribution in [3.05, 3.63) is 41.2 Å². The molecule has 1 fully saturated rings. The van der Waals surface area contributed by atoms with E-state index in [2.05, 4.69) is 15.3 Å². The monoisotopic (exact) mass is 319 g/mol. The highest BCUT2D eigenvalue weighted by atomic mass is 35.5. The SMILES string of the molecule is CN(Cc1cc(Cl)cn1C)C(=O)Nc1cnc(C2CC2)nc1. The lowest BCUT2D eigenvalue weighted by Gasteiger charge is -2.18. The number of carbonyl (C=O) groups excluding carboxylic acids is 1. The Bertz CT molecular complexity index is 678. The Morgan fingerprint density at radius 1 is 1.45 bits per heavy atom. The van der Waals surface area contributed by atoms with Gasteiger partial charge in [-0.25, -0.2) is 14.8 Å². The molecule has 2 aromatic heterocycles. The number of hydrogen-bond donors (Lipinski definition) is 1. The normalized spacial score (nSPS) is 14.0. The van der Waals surface area contributed by atoms with E-state index in [1.54, 1.807) is 24.3 Å². The molecule has 3 rings (SSSR count). The molecule has 0 aromatic carbocycles. The van der Waals surface area contributed by atoms with Crippen molar-refractivity contribution in [1.82, 2.24) is 19.4 Å². The van der Waals surface area contributed by atoms with Crippen LogP contribution in [-0.4, -0.2) is 32.5 Å². The molecule has 0 atom stereocenters. The maximum absolute atomic E-state index is 12.2. The minimum Gasteiger partial charge on any atom is -0.351 e. The number of nitrogens with one attached hydrogen (secondary N) is 1. The summed E-state index contributed by atoms with van der Waals surface area (Å²) in [6, 6.07) is 1.64. The Hall–Kier alpha value is -2.08. The van der Waals surface area contributed by atoms with E-state index in [1.807, 2.05) is 23.9 Å². The molecule has 116 valence electrons. The second kappa shape index (κ2) is 5.96. The third-order valence-corrected chi connectivity index (χ3v) is 3.89. The number of hydrogen-bond acceptors (Lipinski definition) is 3. The van der Waals surface area contributed by atoms with Crippen LogP contribution >= 0.6 is 11.6 Å². The van der Waals surface area contributed by atoms with Gasteiger partial charge in [0, 0.05) is 31.9 Å². The fourth-order valence-corrected chi connectivity index (χ4v) is 2.48. The van der Waals surface area contributed by atoms with Crippen molar-refractivity contribution in [2.24, 2.45) is 7.05 Å². The number of urea groups is 1. The molecule has 0 bridgehead atoms. The van der Waals surface area contributed by atoms with Gasteiger partial charge in [0.15, 0.2) is 0 Å². The molecular weight excluding hydrogens is 302 g/mol. The quantitative estimate of drug-likeness (QED) is 0.942. The summed E-state index contributed by atoms with van der Waals surface area (Å²) < 4.78 is 1.90. The zero-order valence-electron chi connectivity index (χ0n) is 12.6. The Morgan fingerprint density at radius 2 is 2.14 bits per heavy atom. The molecule has 1 aliphatic carbocycles. The van der Waals surface area contributed by atoms with Crippen molar-refractivity contribution in [1.29, 1.82) is 0 Å². The van der Waals surface area contributed by atoms with E-state index in [0.29, 0.717) is 23.2 Å². The molecule has 22 heavy (non-hydrogen) atoms. The molecule has 7 heteroatoms. The maximum Gasteiger partial charge on any atom is 0.322 e. The van der Waals surface area contributed by atoms with Crippen molar-refractivity contribution in [2.45, 2.75) is 25.3 Å². The van der Waals surface area contributed by atoms with Gasteiger partial charge in [-0.3, -0.25) is 0 Å². The van der Waals surface area contributed by atoms with Crippen LogP contribution in [0.2, 0.25) is 5.02 Å². The van der Waals surface area contributed by atoms with Gasteiger partial charge in [0.1, 0.15) is 5.82 Å². The molecule has 0 spiro atoms. The smallest absolute Gasteiger partial charge is 0.322 e. The summed E-state index contributed by atoms with van der Waals surface area (Å²) in [7, 11) is 3.63. The van der Waals surface area contributed by atoms with Crippen molar-refractivity contribution in [2.75, 3.05) is 12.4 Å². The van der Waals surface area contributed by atoms with Gasteiger partial charge in [-0.05, 0) is 18.9 Å². The van der Waals surface area contributed by atoms with E-state index in [4.69, 9.17) is 11.6 Å². The predicted molar refractivity (Wildman–Crippen MR) is 84.9 cm³/mol. The number of anilines is 1. The largest absolute Gasteiger partial charge is 0.351 e. The standard InChI is InChI=1S/C15H18ClN5O/c1-20-8-11(16)5-13(20)9-21(2)15(22)19-12-6-17-14(18-7-12)10-3-4-10/h5-8,10H,3-4,9H2,1-2H3,(H,19,22). The molecule has 2 aromatic rings. The summed E-state index contributed by atoms with van der Waals surface area (Å²) in [6.45, 7) is 0.468. The summed E-state index contributed by atoms with van der Waals surface area (Å²) in [6.07, 6.45) is 7.45. The Kier molecular flexibility index (Phi) is 4.02. The Labute approximate surface area is 134 Å². The lowest BCUT2D eigenvalue weighted by Crippen LogP contribution is -2.31. The summed E-state index contributed by atoms with van der Waals surface area (Å²) in [5.74, 6) is 1.37. The van der Waals surface area contributed by atoms with Gasteiger partial charge in [-0.2, -0.15) is 0 Å². The predicted octanol–water partition coefficient (Wildman–Crippen LogP) is 3.01. The molecule has 1 N–H and O–H groups in total. The lowest BCUT2D eigenvalue weighted by atomic mass is 10.4. The first-order chi connectivity index (χ1) is 10.5. The van der Waals surface area contributed by atoms with Crippen molar-refractivity contribution in [3.63, 3.8) is 0 Å². The molecule has 0 saturated heterocycles. The van der Waals surface area contributed by atoms with Crippen LogP contribution in [0.4, 0.5) is 10.5 Å². The molecule has 0 aliphatic heterocycles. The number of carbonyl (C=O) groups is 1.